The predicted octanol–water partition coefficient (Wildman–Crippen LogP) is 4.57. The van der Waals surface area contributed by atoms with Crippen LogP contribution >= 0.6 is 11.6 Å². The van der Waals surface area contributed by atoms with Crippen LogP contribution in [0.2, 0.25) is 5.02 Å². The second-order valence-electron chi connectivity index (χ2n) is 8.60. The minimum atomic E-state index is 0.267. The van der Waals surface area contributed by atoms with Crippen LogP contribution in [0.25, 0.3) is 0 Å². The van der Waals surface area contributed by atoms with Crippen LogP contribution < -0.4 is 11.4 Å². The van der Waals surface area contributed by atoms with Gasteiger partial charge in [0.25, 0.3) is 0 Å². The Morgan fingerprint density at radius 1 is 0.818 bits per heavy atom. The molecule has 1 saturated heterocycles. The Balaban J connectivity index is 1.29. The van der Waals surface area contributed by atoms with Crippen LogP contribution in [0, 0.1) is 0 Å². The fourth-order valence-electron chi connectivity index (χ4n) is 4.60. The summed E-state index contributed by atoms with van der Waals surface area (Å²) in [4.78, 5) is 9.62. The van der Waals surface area contributed by atoms with E-state index in [4.69, 9.17) is 17.5 Å². The molecule has 1 aliphatic heterocycles. The van der Waals surface area contributed by atoms with Gasteiger partial charge < -0.3 is 4.90 Å². The number of nitrogens with two attached hydrogens (primary N) is 1. The smallest absolute Gasteiger partial charge is 0.0602 e. The van der Waals surface area contributed by atoms with Crippen molar-refractivity contribution in [1.82, 2.24) is 15.3 Å². The molecule has 6 heteroatoms. The first-order chi connectivity index (χ1) is 16.2. The van der Waals surface area contributed by atoms with Gasteiger partial charge in [-0.2, -0.15) is 11.4 Å². The molecule has 0 bridgehead atoms. The van der Waals surface area contributed by atoms with Gasteiger partial charge in [-0.3, -0.25) is 4.90 Å². The zero-order chi connectivity index (χ0) is 22.9. The largest absolute Gasteiger partial charge is 0.301 e. The first-order valence-corrected chi connectivity index (χ1v) is 12.0. The summed E-state index contributed by atoms with van der Waals surface area (Å²) in [5, 5.41) is 0.784. The summed E-state index contributed by atoms with van der Waals surface area (Å²) in [6.45, 7) is 6.07. The predicted molar refractivity (Wildman–Crippen MR) is 135 cm³/mol. The Hall–Kier alpha value is -2.25. The van der Waals surface area contributed by atoms with Crippen molar-refractivity contribution in [2.75, 3.05) is 32.7 Å². The van der Waals surface area contributed by atoms with E-state index in [1.807, 2.05) is 12.1 Å². The molecule has 0 radical (unpaired) electrons. The Kier molecular flexibility index (Phi) is 8.89. The molecule has 0 amide bonds. The fourth-order valence-corrected chi connectivity index (χ4v) is 4.72. The van der Waals surface area contributed by atoms with Crippen molar-refractivity contribution in [2.45, 2.75) is 25.4 Å². The summed E-state index contributed by atoms with van der Waals surface area (Å²) in [5.74, 6) is 5.01. The summed E-state index contributed by atoms with van der Waals surface area (Å²) < 4.78 is 0. The summed E-state index contributed by atoms with van der Waals surface area (Å²) in [6, 6.07) is 28.0. The maximum absolute atomic E-state index is 6.16. The molecule has 0 aliphatic carbocycles. The molecule has 5 nitrogen and oxygen atoms in total. The zero-order valence-corrected chi connectivity index (χ0v) is 19.8. The summed E-state index contributed by atoms with van der Waals surface area (Å²) in [6.07, 6.45) is 2.27. The molecule has 174 valence electrons. The molecule has 3 aromatic rings. The third kappa shape index (κ3) is 6.87. The number of hydroxylamine groups is 1. The summed E-state index contributed by atoms with van der Waals surface area (Å²) in [7, 11) is 0. The molecule has 0 saturated carbocycles. The highest BCUT2D eigenvalue weighted by Gasteiger charge is 2.26. The molecule has 0 spiro atoms. The zero-order valence-electron chi connectivity index (χ0n) is 19.0. The second-order valence-corrected chi connectivity index (χ2v) is 9.04. The van der Waals surface area contributed by atoms with E-state index in [9.17, 15) is 0 Å². The number of rotatable bonds is 10. The van der Waals surface area contributed by atoms with Crippen LogP contribution in [0.1, 0.15) is 34.7 Å². The minimum Gasteiger partial charge on any atom is -0.301 e. The summed E-state index contributed by atoms with van der Waals surface area (Å²) >= 11 is 6.16. The first-order valence-electron chi connectivity index (χ1n) is 11.7. The fraction of sp³-hybridized carbons (Fsp3) is 0.333. The lowest BCUT2D eigenvalue weighted by atomic mass is 9.96. The van der Waals surface area contributed by atoms with Crippen LogP contribution in [-0.2, 0) is 17.9 Å². The SMILES string of the molecule is NONCc1ccc(CCCN2CCN([C@H](c3ccccc3)c3ccc(Cl)cc3)CC2)cc1. The standard InChI is InChI=1S/C27H33ClN4O/c28-26-14-12-25(13-15-26)27(24-6-2-1-3-7-24)32-19-17-31(18-20-32)16-4-5-22-8-10-23(11-9-22)21-30-33-29/h1-3,6-15,27,30H,4-5,16-21,29H2/t27-/m1/s1. The van der Waals surface area contributed by atoms with Crippen LogP contribution in [0.5, 0.6) is 0 Å². The van der Waals surface area contributed by atoms with Crippen molar-refractivity contribution in [3.63, 3.8) is 0 Å². The number of nitrogens with one attached hydrogen (secondary N) is 1. The quantitative estimate of drug-likeness (QED) is 0.430. The number of hydrogen-bond acceptors (Lipinski definition) is 5. The van der Waals surface area contributed by atoms with Gasteiger partial charge in [-0.05, 0) is 53.8 Å². The van der Waals surface area contributed by atoms with Crippen molar-refractivity contribution in [3.05, 3.63) is 106 Å². The number of nitrogens with zero attached hydrogens (tertiary/aromatic N) is 2. The highest BCUT2D eigenvalue weighted by molar-refractivity contribution is 6.30. The average molecular weight is 465 g/mol. The van der Waals surface area contributed by atoms with Gasteiger partial charge in [-0.1, -0.05) is 78.3 Å². The van der Waals surface area contributed by atoms with E-state index in [1.54, 1.807) is 0 Å². The number of hydrogen-bond donors (Lipinski definition) is 2. The Morgan fingerprint density at radius 2 is 1.45 bits per heavy atom. The van der Waals surface area contributed by atoms with E-state index < -0.39 is 0 Å². The van der Waals surface area contributed by atoms with Gasteiger partial charge in [0, 0.05) is 37.7 Å². The number of piperazine rings is 1. The molecule has 3 N–H and O–H groups in total. The van der Waals surface area contributed by atoms with Crippen molar-refractivity contribution in [3.8, 4) is 0 Å². The Morgan fingerprint density at radius 3 is 2.12 bits per heavy atom. The van der Waals surface area contributed by atoms with E-state index in [1.165, 1.54) is 23.1 Å². The molecular formula is C27H33ClN4O. The summed E-state index contributed by atoms with van der Waals surface area (Å²) in [5.41, 5.74) is 7.84. The minimum absolute atomic E-state index is 0.267. The van der Waals surface area contributed by atoms with E-state index >= 15 is 0 Å². The highest BCUT2D eigenvalue weighted by atomic mass is 35.5. The highest BCUT2D eigenvalue weighted by Crippen LogP contribution is 2.30. The van der Waals surface area contributed by atoms with Gasteiger partial charge in [0.05, 0.1) is 6.04 Å². The number of benzene rings is 3. The van der Waals surface area contributed by atoms with Crippen molar-refractivity contribution in [1.29, 1.82) is 0 Å². The third-order valence-electron chi connectivity index (χ3n) is 6.40. The van der Waals surface area contributed by atoms with E-state index in [0.717, 1.165) is 49.7 Å². The van der Waals surface area contributed by atoms with Crippen LogP contribution in [0.3, 0.4) is 0 Å². The first kappa shape index (κ1) is 23.9. The maximum Gasteiger partial charge on any atom is 0.0602 e. The monoisotopic (exact) mass is 464 g/mol. The lowest BCUT2D eigenvalue weighted by molar-refractivity contribution is 0.0362. The van der Waals surface area contributed by atoms with Crippen molar-refractivity contribution < 1.29 is 4.94 Å². The molecule has 1 aliphatic rings. The second kappa shape index (κ2) is 12.3. The molecule has 4 rings (SSSR count). The van der Waals surface area contributed by atoms with Crippen molar-refractivity contribution in [2.24, 2.45) is 5.90 Å². The van der Waals surface area contributed by atoms with E-state index in [2.05, 4.69) is 86.9 Å². The van der Waals surface area contributed by atoms with Gasteiger partial charge in [0.15, 0.2) is 0 Å². The maximum atomic E-state index is 6.16. The third-order valence-corrected chi connectivity index (χ3v) is 6.65. The van der Waals surface area contributed by atoms with Gasteiger partial charge in [0.2, 0.25) is 0 Å². The lowest BCUT2D eigenvalue weighted by Gasteiger charge is -2.40. The lowest BCUT2D eigenvalue weighted by Crippen LogP contribution is -2.48. The molecule has 33 heavy (non-hydrogen) atoms. The molecule has 1 heterocycles. The molecule has 1 atom stereocenters. The topological polar surface area (TPSA) is 53.8 Å². The van der Waals surface area contributed by atoms with Crippen molar-refractivity contribution >= 4 is 11.6 Å². The van der Waals surface area contributed by atoms with Gasteiger partial charge in [-0.25, -0.2) is 4.94 Å². The Labute approximate surface area is 202 Å². The molecular weight excluding hydrogens is 432 g/mol. The van der Waals surface area contributed by atoms with Crippen LogP contribution in [0.4, 0.5) is 0 Å². The normalized spacial score (nSPS) is 16.1. The Bertz CT molecular complexity index is 958. The molecule has 0 aromatic heterocycles. The van der Waals surface area contributed by atoms with Gasteiger partial charge in [-0.15, -0.1) is 0 Å². The van der Waals surface area contributed by atoms with E-state index in [0.29, 0.717) is 6.54 Å². The van der Waals surface area contributed by atoms with Crippen LogP contribution in [0.15, 0.2) is 78.9 Å². The van der Waals surface area contributed by atoms with Gasteiger partial charge in [0.1, 0.15) is 0 Å². The average Bonchev–Trinajstić information content (AvgIpc) is 2.86. The number of aryl methyl sites for hydroxylation is 1. The number of halogens is 1. The molecule has 0 unspecified atom stereocenters. The van der Waals surface area contributed by atoms with Gasteiger partial charge >= 0.3 is 0 Å². The van der Waals surface area contributed by atoms with Crippen LogP contribution in [-0.4, -0.2) is 42.5 Å². The molecule has 3 aromatic carbocycles. The molecule has 1 fully saturated rings. The van der Waals surface area contributed by atoms with E-state index in [-0.39, 0.29) is 6.04 Å².